The van der Waals surface area contributed by atoms with Gasteiger partial charge in [-0.1, -0.05) is 6.07 Å². The summed E-state index contributed by atoms with van der Waals surface area (Å²) >= 11 is 1.60. The molecule has 2 amide bonds. The van der Waals surface area contributed by atoms with Gasteiger partial charge in [0.25, 0.3) is 11.8 Å². The number of methoxy groups -OCH3 is 1. The minimum absolute atomic E-state index is 0.0349. The summed E-state index contributed by atoms with van der Waals surface area (Å²) in [4.78, 5) is 30.3. The molecule has 9 heteroatoms. The predicted octanol–water partition coefficient (Wildman–Crippen LogP) is 5.70. The van der Waals surface area contributed by atoms with Gasteiger partial charge in [0, 0.05) is 28.6 Å². The van der Waals surface area contributed by atoms with E-state index in [0.29, 0.717) is 49.2 Å². The summed E-state index contributed by atoms with van der Waals surface area (Å²) in [6.45, 7) is 4.48. The first-order valence-electron chi connectivity index (χ1n) is 13.7. The average molecular weight is 554 g/mol. The number of amides is 2. The van der Waals surface area contributed by atoms with Gasteiger partial charge in [-0.05, 0) is 87.6 Å². The number of likely N-dealkylation sites (tertiary alicyclic amines) is 1. The van der Waals surface area contributed by atoms with Crippen LogP contribution in [-0.2, 0) is 6.42 Å². The van der Waals surface area contributed by atoms with Gasteiger partial charge in [-0.25, -0.2) is 0 Å². The van der Waals surface area contributed by atoms with E-state index < -0.39 is 11.1 Å². The lowest BCUT2D eigenvalue weighted by molar-refractivity contribution is 0.0679. The van der Waals surface area contributed by atoms with Crippen LogP contribution in [0.5, 0.6) is 5.75 Å². The molecule has 204 valence electrons. The average Bonchev–Trinajstić information content (AvgIpc) is 3.68. The second kappa shape index (κ2) is 9.53. The Kier molecular flexibility index (Phi) is 6.23. The van der Waals surface area contributed by atoms with Gasteiger partial charge in [0.1, 0.15) is 22.5 Å². The van der Waals surface area contributed by atoms with Crippen molar-refractivity contribution in [3.8, 4) is 39.6 Å². The van der Waals surface area contributed by atoms with Gasteiger partial charge in [0.15, 0.2) is 0 Å². The van der Waals surface area contributed by atoms with E-state index in [0.717, 1.165) is 40.1 Å². The SMILES string of the molecule is COc1cc2c(cc1C(=O)NC1(C#N)CCC1)-c1c(-c3cccs3)cc(C(=O)N3CCC[C@]3(C)C#N)n1[C@@H](C)C2. The normalized spacial score (nSPS) is 22.3. The molecule has 3 aliphatic rings. The standard InChI is InChI=1S/C31H31N5O3S/c1-19-13-20-14-25(39-3)22(28(37)34-31(18-33)9-5-10-31)15-21(20)27-23(26-7-4-12-40-26)16-24(36(19)27)29(38)35-11-6-8-30(35,2)17-32/h4,7,12,14-16,19H,5-6,8-11,13H2,1-3H3,(H,34,37)/t19-,30+/m0/s1. The Hall–Kier alpha value is -4.08. The molecule has 1 saturated carbocycles. The van der Waals surface area contributed by atoms with Crippen molar-refractivity contribution < 1.29 is 14.3 Å². The van der Waals surface area contributed by atoms with Gasteiger partial charge in [-0.15, -0.1) is 11.3 Å². The van der Waals surface area contributed by atoms with Gasteiger partial charge < -0.3 is 19.5 Å². The van der Waals surface area contributed by atoms with Crippen LogP contribution in [0.25, 0.3) is 21.7 Å². The number of ether oxygens (including phenoxy) is 1. The molecule has 0 radical (unpaired) electrons. The maximum atomic E-state index is 14.1. The number of hydrogen-bond donors (Lipinski definition) is 1. The van der Waals surface area contributed by atoms with E-state index in [1.165, 1.54) is 0 Å². The number of nitrogens with zero attached hydrogens (tertiary/aromatic N) is 4. The molecule has 1 aromatic carbocycles. The number of carbonyl (C=O) groups excluding carboxylic acids is 2. The third-order valence-corrected chi connectivity index (χ3v) is 9.73. The molecule has 0 spiro atoms. The zero-order valence-corrected chi connectivity index (χ0v) is 23.7. The van der Waals surface area contributed by atoms with Crippen molar-refractivity contribution in [1.29, 1.82) is 10.5 Å². The fourth-order valence-electron chi connectivity index (χ4n) is 6.43. The molecule has 0 unspecified atom stereocenters. The monoisotopic (exact) mass is 553 g/mol. The molecule has 40 heavy (non-hydrogen) atoms. The molecule has 2 atom stereocenters. The molecule has 1 saturated heterocycles. The molecule has 3 aromatic rings. The van der Waals surface area contributed by atoms with E-state index in [4.69, 9.17) is 4.74 Å². The van der Waals surface area contributed by atoms with Gasteiger partial charge in [0.05, 0.1) is 30.5 Å². The van der Waals surface area contributed by atoms with E-state index in [2.05, 4.69) is 28.9 Å². The van der Waals surface area contributed by atoms with E-state index >= 15 is 0 Å². The molecule has 2 aliphatic heterocycles. The Morgan fingerprint density at radius 3 is 2.55 bits per heavy atom. The van der Waals surface area contributed by atoms with Crippen molar-refractivity contribution in [2.45, 2.75) is 69.5 Å². The fraction of sp³-hybridized carbons (Fsp3) is 0.419. The molecule has 2 fully saturated rings. The summed E-state index contributed by atoms with van der Waals surface area (Å²) in [6.07, 6.45) is 4.27. The quantitative estimate of drug-likeness (QED) is 0.435. The zero-order chi connectivity index (χ0) is 28.2. The number of fused-ring (bicyclic) bond motifs is 3. The molecule has 2 aromatic heterocycles. The van der Waals surface area contributed by atoms with Crippen molar-refractivity contribution in [3.63, 3.8) is 0 Å². The molecule has 6 rings (SSSR count). The smallest absolute Gasteiger partial charge is 0.271 e. The highest BCUT2D eigenvalue weighted by molar-refractivity contribution is 7.13. The summed E-state index contributed by atoms with van der Waals surface area (Å²) in [5.74, 6) is -0.0199. The number of benzene rings is 1. The number of aromatic nitrogens is 1. The second-order valence-electron chi connectivity index (χ2n) is 11.3. The Morgan fingerprint density at radius 1 is 1.12 bits per heavy atom. The summed E-state index contributed by atoms with van der Waals surface area (Å²) in [7, 11) is 1.55. The first-order valence-corrected chi connectivity index (χ1v) is 14.6. The third-order valence-electron chi connectivity index (χ3n) is 8.82. The Bertz CT molecular complexity index is 1600. The number of nitrogens with one attached hydrogen (secondary N) is 1. The predicted molar refractivity (Wildman–Crippen MR) is 152 cm³/mol. The minimum atomic E-state index is -0.836. The van der Waals surface area contributed by atoms with Crippen molar-refractivity contribution in [3.05, 3.63) is 52.5 Å². The van der Waals surface area contributed by atoms with Crippen molar-refractivity contribution in [2.24, 2.45) is 0 Å². The topological polar surface area (TPSA) is 111 Å². The van der Waals surface area contributed by atoms with Crippen LogP contribution in [0.2, 0.25) is 0 Å². The second-order valence-corrected chi connectivity index (χ2v) is 12.3. The lowest BCUT2D eigenvalue weighted by Crippen LogP contribution is -2.52. The van der Waals surface area contributed by atoms with Gasteiger partial charge in [-0.2, -0.15) is 10.5 Å². The van der Waals surface area contributed by atoms with Crippen LogP contribution >= 0.6 is 11.3 Å². The number of rotatable bonds is 5. The van der Waals surface area contributed by atoms with Crippen LogP contribution in [0, 0.1) is 22.7 Å². The Morgan fingerprint density at radius 2 is 1.93 bits per heavy atom. The molecular formula is C31H31N5O3S. The van der Waals surface area contributed by atoms with E-state index in [1.807, 2.05) is 42.6 Å². The van der Waals surface area contributed by atoms with Crippen LogP contribution in [0.3, 0.4) is 0 Å². The fourth-order valence-corrected chi connectivity index (χ4v) is 7.18. The van der Waals surface area contributed by atoms with Gasteiger partial charge >= 0.3 is 0 Å². The summed E-state index contributed by atoms with van der Waals surface area (Å²) < 4.78 is 7.75. The highest BCUT2D eigenvalue weighted by Crippen LogP contribution is 2.47. The minimum Gasteiger partial charge on any atom is -0.496 e. The largest absolute Gasteiger partial charge is 0.496 e. The first-order chi connectivity index (χ1) is 19.2. The summed E-state index contributed by atoms with van der Waals surface area (Å²) in [6, 6.07) is 14.4. The number of carbonyl (C=O) groups is 2. The van der Waals surface area contributed by atoms with Crippen LogP contribution in [0.1, 0.15) is 78.4 Å². The van der Waals surface area contributed by atoms with E-state index in [-0.39, 0.29) is 17.9 Å². The number of thiophene rings is 1. The summed E-state index contributed by atoms with van der Waals surface area (Å²) in [5.41, 5.74) is 2.96. The van der Waals surface area contributed by atoms with Crippen molar-refractivity contribution in [2.75, 3.05) is 13.7 Å². The highest BCUT2D eigenvalue weighted by atomic mass is 32.1. The van der Waals surface area contributed by atoms with E-state index in [9.17, 15) is 20.1 Å². The van der Waals surface area contributed by atoms with Gasteiger partial charge in [-0.3, -0.25) is 9.59 Å². The first kappa shape index (κ1) is 26.2. The third kappa shape index (κ3) is 3.91. The highest BCUT2D eigenvalue weighted by Gasteiger charge is 2.43. The molecule has 1 N–H and O–H groups in total. The van der Waals surface area contributed by atoms with Crippen LogP contribution in [0.15, 0.2) is 35.7 Å². The number of nitriles is 2. The maximum absolute atomic E-state index is 14.1. The number of hydrogen-bond acceptors (Lipinski definition) is 6. The molecule has 8 nitrogen and oxygen atoms in total. The zero-order valence-electron chi connectivity index (χ0n) is 22.9. The Balaban J connectivity index is 1.52. The van der Waals surface area contributed by atoms with Crippen molar-refractivity contribution >= 4 is 23.2 Å². The molecule has 1 aliphatic carbocycles. The lowest BCUT2D eigenvalue weighted by atomic mass is 9.78. The van der Waals surface area contributed by atoms with Crippen LogP contribution in [0.4, 0.5) is 0 Å². The van der Waals surface area contributed by atoms with Gasteiger partial charge in [0.2, 0.25) is 0 Å². The maximum Gasteiger partial charge on any atom is 0.271 e. The van der Waals surface area contributed by atoms with E-state index in [1.54, 1.807) is 23.3 Å². The Labute approximate surface area is 237 Å². The molecule has 4 heterocycles. The molecule has 0 bridgehead atoms. The van der Waals surface area contributed by atoms with Crippen LogP contribution in [-0.4, -0.2) is 46.0 Å². The summed E-state index contributed by atoms with van der Waals surface area (Å²) in [5, 5.41) is 24.6. The lowest BCUT2D eigenvalue weighted by Gasteiger charge is -2.36. The molecular weight excluding hydrogens is 522 g/mol. The van der Waals surface area contributed by atoms with Crippen molar-refractivity contribution in [1.82, 2.24) is 14.8 Å². The van der Waals surface area contributed by atoms with Crippen LogP contribution < -0.4 is 10.1 Å².